The van der Waals surface area contributed by atoms with E-state index < -0.39 is 0 Å². The van der Waals surface area contributed by atoms with E-state index in [4.69, 9.17) is 0 Å². The maximum atomic E-state index is 11.8. The third-order valence-electron chi connectivity index (χ3n) is 3.60. The molecule has 1 aromatic rings. The molecule has 106 valence electrons. The predicted octanol–water partition coefficient (Wildman–Crippen LogP) is 0.887. The molecule has 1 N–H and O–H groups in total. The van der Waals surface area contributed by atoms with Crippen molar-refractivity contribution in [2.24, 2.45) is 5.92 Å². The fraction of sp³-hybridized carbons (Fsp3) is 0.714. The van der Waals surface area contributed by atoms with Gasteiger partial charge in [0.05, 0.1) is 6.04 Å². The lowest BCUT2D eigenvalue weighted by molar-refractivity contribution is 0.109. The Labute approximate surface area is 114 Å². The van der Waals surface area contributed by atoms with E-state index in [9.17, 15) is 4.79 Å². The van der Waals surface area contributed by atoms with Crippen molar-refractivity contribution >= 4 is 0 Å². The van der Waals surface area contributed by atoms with Gasteiger partial charge in [0.2, 0.25) is 0 Å². The van der Waals surface area contributed by atoms with Gasteiger partial charge >= 0.3 is 0 Å². The maximum absolute atomic E-state index is 11.8. The van der Waals surface area contributed by atoms with Crippen LogP contribution in [0.3, 0.4) is 0 Å². The highest BCUT2D eigenvalue weighted by Gasteiger charge is 2.25. The van der Waals surface area contributed by atoms with E-state index in [-0.39, 0.29) is 11.6 Å². The van der Waals surface area contributed by atoms with Crippen molar-refractivity contribution in [2.45, 2.75) is 26.3 Å². The Morgan fingerprint density at radius 2 is 2.16 bits per heavy atom. The second-order valence-electron chi connectivity index (χ2n) is 5.98. The topological polar surface area (TPSA) is 52.2 Å². The molecule has 5 heteroatoms. The number of rotatable bonds is 3. The highest BCUT2D eigenvalue weighted by Crippen LogP contribution is 2.19. The van der Waals surface area contributed by atoms with Crippen LogP contribution in [0.5, 0.6) is 0 Å². The molecule has 0 aromatic carbocycles. The minimum atomic E-state index is -0.0396. The summed E-state index contributed by atoms with van der Waals surface area (Å²) in [6, 6.07) is 1.80. The standard InChI is InChI=1S/C14H24N4O/c1-10(2)7-11-8-13(19)16-14(15-11)12-9-17(3)5-6-18(12)4/h8,10,12H,5-7,9H2,1-4H3,(H,15,16,19). The Balaban J connectivity index is 2.27. The summed E-state index contributed by atoms with van der Waals surface area (Å²) in [5, 5.41) is 0. The Hall–Kier alpha value is -1.20. The average Bonchev–Trinajstić information content (AvgIpc) is 2.30. The Morgan fingerprint density at radius 1 is 1.42 bits per heavy atom. The van der Waals surface area contributed by atoms with Gasteiger partial charge in [0.1, 0.15) is 5.82 Å². The maximum Gasteiger partial charge on any atom is 0.251 e. The fourth-order valence-corrected chi connectivity index (χ4v) is 2.51. The van der Waals surface area contributed by atoms with Gasteiger partial charge in [-0.15, -0.1) is 0 Å². The summed E-state index contributed by atoms with van der Waals surface area (Å²) in [6.07, 6.45) is 0.850. The van der Waals surface area contributed by atoms with Crippen molar-refractivity contribution in [3.8, 4) is 0 Å². The molecule has 1 aromatic heterocycles. The van der Waals surface area contributed by atoms with Crippen molar-refractivity contribution in [3.63, 3.8) is 0 Å². The zero-order valence-electron chi connectivity index (χ0n) is 12.3. The summed E-state index contributed by atoms with van der Waals surface area (Å²) >= 11 is 0. The van der Waals surface area contributed by atoms with Crippen LogP contribution in [0.15, 0.2) is 10.9 Å². The van der Waals surface area contributed by atoms with Gasteiger partial charge in [0.15, 0.2) is 0 Å². The van der Waals surface area contributed by atoms with Crippen LogP contribution in [0.25, 0.3) is 0 Å². The van der Waals surface area contributed by atoms with E-state index in [1.54, 1.807) is 6.07 Å². The molecule has 1 saturated heterocycles. The summed E-state index contributed by atoms with van der Waals surface area (Å²) < 4.78 is 0. The van der Waals surface area contributed by atoms with Gasteiger partial charge < -0.3 is 9.88 Å². The third-order valence-corrected chi connectivity index (χ3v) is 3.60. The average molecular weight is 264 g/mol. The number of H-pyrrole nitrogens is 1. The van der Waals surface area contributed by atoms with Crippen LogP contribution in [0.4, 0.5) is 0 Å². The molecule has 0 amide bonds. The van der Waals surface area contributed by atoms with Crippen molar-refractivity contribution < 1.29 is 0 Å². The van der Waals surface area contributed by atoms with Crippen LogP contribution in [0.1, 0.15) is 31.4 Å². The molecule has 1 aliphatic heterocycles. The number of hydrogen-bond acceptors (Lipinski definition) is 4. The Morgan fingerprint density at radius 3 is 2.84 bits per heavy atom. The van der Waals surface area contributed by atoms with Crippen LogP contribution in [-0.2, 0) is 6.42 Å². The summed E-state index contributed by atoms with van der Waals surface area (Å²) in [7, 11) is 4.20. The number of aromatic nitrogens is 2. The second kappa shape index (κ2) is 5.84. The van der Waals surface area contributed by atoms with E-state index in [2.05, 4.69) is 47.7 Å². The molecule has 0 saturated carbocycles. The lowest BCUT2D eigenvalue weighted by Gasteiger charge is -2.36. The largest absolute Gasteiger partial charge is 0.309 e. The normalized spacial score (nSPS) is 22.1. The molecular weight excluding hydrogens is 240 g/mol. The van der Waals surface area contributed by atoms with Crippen molar-refractivity contribution in [2.75, 3.05) is 33.7 Å². The summed E-state index contributed by atoms with van der Waals surface area (Å²) in [4.78, 5) is 23.9. The zero-order valence-corrected chi connectivity index (χ0v) is 12.3. The van der Waals surface area contributed by atoms with Crippen molar-refractivity contribution in [1.82, 2.24) is 19.8 Å². The molecule has 5 nitrogen and oxygen atoms in total. The van der Waals surface area contributed by atoms with E-state index >= 15 is 0 Å². The van der Waals surface area contributed by atoms with Gasteiger partial charge in [-0.25, -0.2) is 4.98 Å². The zero-order chi connectivity index (χ0) is 14.0. The molecule has 2 rings (SSSR count). The predicted molar refractivity (Wildman–Crippen MR) is 76.3 cm³/mol. The van der Waals surface area contributed by atoms with Gasteiger partial charge in [0, 0.05) is 31.4 Å². The van der Waals surface area contributed by atoms with Gasteiger partial charge in [-0.05, 0) is 26.4 Å². The molecule has 0 radical (unpaired) electrons. The quantitative estimate of drug-likeness (QED) is 0.881. The summed E-state index contributed by atoms with van der Waals surface area (Å²) in [5.41, 5.74) is 0.859. The van der Waals surface area contributed by atoms with Gasteiger partial charge in [0.25, 0.3) is 5.56 Å². The number of nitrogens with one attached hydrogen (secondary N) is 1. The minimum Gasteiger partial charge on any atom is -0.309 e. The number of hydrogen-bond donors (Lipinski definition) is 1. The van der Waals surface area contributed by atoms with Crippen molar-refractivity contribution in [1.29, 1.82) is 0 Å². The van der Waals surface area contributed by atoms with Gasteiger partial charge in [-0.3, -0.25) is 9.69 Å². The smallest absolute Gasteiger partial charge is 0.251 e. The third kappa shape index (κ3) is 3.64. The molecule has 1 atom stereocenters. The number of aromatic amines is 1. The number of nitrogens with zero attached hydrogens (tertiary/aromatic N) is 3. The molecule has 1 unspecified atom stereocenters. The van der Waals surface area contributed by atoms with Crippen LogP contribution >= 0.6 is 0 Å². The molecule has 2 heterocycles. The Kier molecular flexibility index (Phi) is 4.37. The highest BCUT2D eigenvalue weighted by atomic mass is 16.1. The van der Waals surface area contributed by atoms with Crippen LogP contribution in [0, 0.1) is 5.92 Å². The van der Waals surface area contributed by atoms with E-state index in [1.165, 1.54) is 0 Å². The first-order valence-electron chi connectivity index (χ1n) is 6.94. The van der Waals surface area contributed by atoms with E-state index in [1.807, 2.05) is 0 Å². The molecule has 0 spiro atoms. The second-order valence-corrected chi connectivity index (χ2v) is 5.98. The van der Waals surface area contributed by atoms with E-state index in [0.717, 1.165) is 37.6 Å². The first-order valence-corrected chi connectivity index (χ1v) is 6.94. The molecular formula is C14H24N4O. The molecule has 1 aliphatic rings. The van der Waals surface area contributed by atoms with Crippen LogP contribution < -0.4 is 5.56 Å². The molecule has 0 aliphatic carbocycles. The lowest BCUT2D eigenvalue weighted by Crippen LogP contribution is -2.45. The lowest BCUT2D eigenvalue weighted by atomic mass is 10.1. The molecule has 0 bridgehead atoms. The van der Waals surface area contributed by atoms with Crippen molar-refractivity contribution in [3.05, 3.63) is 27.9 Å². The molecule has 19 heavy (non-hydrogen) atoms. The SMILES string of the molecule is CC(C)Cc1cc(=O)[nH]c(C2CN(C)CCN2C)n1. The van der Waals surface area contributed by atoms with E-state index in [0.29, 0.717) is 5.92 Å². The number of piperazine rings is 1. The summed E-state index contributed by atoms with van der Waals surface area (Å²) in [6.45, 7) is 7.25. The first kappa shape index (κ1) is 14.2. The highest BCUT2D eigenvalue weighted by molar-refractivity contribution is 5.07. The fourth-order valence-electron chi connectivity index (χ4n) is 2.51. The van der Waals surface area contributed by atoms with Crippen LogP contribution in [-0.4, -0.2) is 53.5 Å². The Bertz CT molecular complexity index is 483. The van der Waals surface area contributed by atoms with Crippen LogP contribution in [0.2, 0.25) is 0 Å². The van der Waals surface area contributed by atoms with Gasteiger partial charge in [-0.2, -0.15) is 0 Å². The minimum absolute atomic E-state index is 0.0396. The monoisotopic (exact) mass is 264 g/mol. The first-order chi connectivity index (χ1) is 8.95. The number of likely N-dealkylation sites (N-methyl/N-ethyl adjacent to an activating group) is 2. The van der Waals surface area contributed by atoms with Gasteiger partial charge in [-0.1, -0.05) is 13.8 Å². The summed E-state index contributed by atoms with van der Waals surface area (Å²) in [5.74, 6) is 1.31. The molecule has 1 fully saturated rings.